The Morgan fingerprint density at radius 3 is 1.00 bits per heavy atom. The molecule has 18 rings (SSSR count). The second-order valence-electron chi connectivity index (χ2n) is 23.2. The Balaban J connectivity index is 0.000000147. The quantitative estimate of drug-likeness (QED) is 0.139. The lowest BCUT2D eigenvalue weighted by Gasteiger charge is -2.13. The maximum absolute atomic E-state index is 10.6. The fourth-order valence-electron chi connectivity index (χ4n) is 13.4. The zero-order valence-electron chi connectivity index (χ0n) is 50.9. The number of hydrogen-bond donors (Lipinski definition) is 0. The highest BCUT2D eigenvalue weighted by Gasteiger charge is 2.22. The van der Waals surface area contributed by atoms with Crippen molar-refractivity contribution >= 4 is 76.2 Å². The number of benzene rings is 13. The molecule has 11 heteroatoms. The molecular weight excluding hydrogens is 1160 g/mol. The Labute approximate surface area is 545 Å². The second-order valence-corrected chi connectivity index (χ2v) is 23.2. The lowest BCUT2D eigenvalue weighted by atomic mass is 10.0. The summed E-state index contributed by atoms with van der Waals surface area (Å²) in [7, 11) is 0. The summed E-state index contributed by atoms with van der Waals surface area (Å²) in [5, 5.41) is 30.5. The van der Waals surface area contributed by atoms with Crippen molar-refractivity contribution in [1.29, 1.82) is 10.5 Å². The lowest BCUT2D eigenvalue weighted by molar-refractivity contribution is 1.07. The van der Waals surface area contributed by atoms with Gasteiger partial charge in [-0.1, -0.05) is 224 Å². The van der Waals surface area contributed by atoms with Crippen molar-refractivity contribution in [2.24, 2.45) is 0 Å². The number of nitrogens with zero attached hydrogens (tertiary/aromatic N) is 11. The summed E-state index contributed by atoms with van der Waals surface area (Å²) >= 11 is 0. The normalized spacial score (nSPS) is 11.3. The molecule has 0 aliphatic carbocycles. The monoisotopic (exact) mass is 1210 g/mol. The molecule has 18 aromatic rings. The first kappa shape index (κ1) is 55.6. The van der Waals surface area contributed by atoms with E-state index in [1.807, 2.05) is 170 Å². The van der Waals surface area contributed by atoms with Crippen LogP contribution in [0, 0.1) is 22.7 Å². The minimum atomic E-state index is 0.508. The molecule has 5 aromatic heterocycles. The van der Waals surface area contributed by atoms with Crippen LogP contribution in [0.2, 0.25) is 0 Å². The van der Waals surface area contributed by atoms with Crippen molar-refractivity contribution in [3.05, 3.63) is 321 Å². The average Bonchev–Trinajstić information content (AvgIpc) is 1.59. The Morgan fingerprint density at radius 2 is 0.558 bits per heavy atom. The fraction of sp³-hybridized carbons (Fsp3) is 0. The minimum Gasteiger partial charge on any atom is -0.309 e. The molecule has 0 amide bonds. The van der Waals surface area contributed by atoms with Gasteiger partial charge >= 0.3 is 0 Å². The molecule has 5 heterocycles. The third-order valence-corrected chi connectivity index (χ3v) is 17.7. The number of para-hydroxylation sites is 4. The van der Waals surface area contributed by atoms with E-state index in [4.69, 9.17) is 29.9 Å². The molecule has 442 valence electrons. The molecule has 13 aromatic carbocycles. The first-order chi connectivity index (χ1) is 47.0. The van der Waals surface area contributed by atoms with Gasteiger partial charge in [0, 0.05) is 71.4 Å². The molecule has 0 saturated heterocycles. The number of aromatic nitrogens is 9. The van der Waals surface area contributed by atoms with Crippen LogP contribution in [0.25, 0.3) is 162 Å². The Kier molecular flexibility index (Phi) is 13.7. The van der Waals surface area contributed by atoms with Crippen LogP contribution in [0.15, 0.2) is 309 Å². The molecule has 11 nitrogen and oxygen atoms in total. The largest absolute Gasteiger partial charge is 0.309 e. The van der Waals surface area contributed by atoms with Gasteiger partial charge in [-0.05, 0) is 95.7 Å². The predicted octanol–water partition coefficient (Wildman–Crippen LogP) is 19.9. The standard InChI is InChI=1S/C46H28N6.C38H23N5/c47-29-33-27-32(46-49-44(30-13-3-1-4-14-30)48-45(50-46)31-15-5-2-6-16-31)23-25-39(33)52-42-22-12-9-19-37(42)38-28-34(24-26-43(38)52)51-40-20-10-7-17-35(40)36-18-8-11-21-41(36)51;39-24-29-23-28(38-41-36(26-12-3-1-4-13-26)40-37(42-38)27-14-5-2-6-15-27)20-21-32(29)43-33-18-10-9-17-31(33)35-30-16-8-7-11-25(30)19-22-34(35)43/h1-28H;1-23H. The van der Waals surface area contributed by atoms with Crippen LogP contribution in [0.1, 0.15) is 11.1 Å². The summed E-state index contributed by atoms with van der Waals surface area (Å²) in [6, 6.07) is 110. The number of fused-ring (bicyclic) bond motifs is 11. The molecule has 0 saturated carbocycles. The number of nitriles is 2. The third-order valence-electron chi connectivity index (χ3n) is 17.7. The van der Waals surface area contributed by atoms with Crippen LogP contribution in [-0.2, 0) is 0 Å². The molecule has 0 atom stereocenters. The zero-order chi connectivity index (χ0) is 63.3. The van der Waals surface area contributed by atoms with Crippen molar-refractivity contribution in [1.82, 2.24) is 43.6 Å². The summed E-state index contributed by atoms with van der Waals surface area (Å²) in [6.45, 7) is 0. The first-order valence-corrected chi connectivity index (χ1v) is 31.3. The van der Waals surface area contributed by atoms with Gasteiger partial charge in [0.2, 0.25) is 0 Å². The Hall–Kier alpha value is -13.5. The first-order valence-electron chi connectivity index (χ1n) is 31.3. The van der Waals surface area contributed by atoms with Gasteiger partial charge in [-0.3, -0.25) is 0 Å². The van der Waals surface area contributed by atoms with Gasteiger partial charge < -0.3 is 13.7 Å². The van der Waals surface area contributed by atoms with Gasteiger partial charge in [0.05, 0.1) is 55.6 Å². The van der Waals surface area contributed by atoms with Gasteiger partial charge in [0.15, 0.2) is 34.9 Å². The summed E-state index contributed by atoms with van der Waals surface area (Å²) in [6.07, 6.45) is 0. The van der Waals surface area contributed by atoms with Gasteiger partial charge in [0.25, 0.3) is 0 Å². The van der Waals surface area contributed by atoms with Crippen molar-refractivity contribution in [2.75, 3.05) is 0 Å². The van der Waals surface area contributed by atoms with Gasteiger partial charge in [0.1, 0.15) is 12.1 Å². The number of hydrogen-bond acceptors (Lipinski definition) is 8. The summed E-state index contributed by atoms with van der Waals surface area (Å²) in [5.74, 6) is 3.35. The maximum Gasteiger partial charge on any atom is 0.164 e. The van der Waals surface area contributed by atoms with Crippen LogP contribution in [0.5, 0.6) is 0 Å². The molecule has 0 unspecified atom stereocenters. The number of rotatable bonds is 9. The Morgan fingerprint density at radius 1 is 0.232 bits per heavy atom. The van der Waals surface area contributed by atoms with Gasteiger partial charge in [-0.2, -0.15) is 10.5 Å². The maximum atomic E-state index is 10.6. The smallest absolute Gasteiger partial charge is 0.164 e. The molecular formula is C84H51N11. The van der Waals surface area contributed by atoms with Crippen molar-refractivity contribution in [2.45, 2.75) is 0 Å². The molecule has 0 aliphatic heterocycles. The van der Waals surface area contributed by atoms with Crippen LogP contribution in [0.4, 0.5) is 0 Å². The summed E-state index contributed by atoms with van der Waals surface area (Å²) in [5.41, 5.74) is 15.3. The average molecular weight is 1210 g/mol. The fourth-order valence-corrected chi connectivity index (χ4v) is 13.4. The molecule has 0 bridgehead atoms. The van der Waals surface area contributed by atoms with E-state index in [0.717, 1.165) is 88.7 Å². The van der Waals surface area contributed by atoms with Crippen LogP contribution >= 0.6 is 0 Å². The van der Waals surface area contributed by atoms with E-state index in [0.29, 0.717) is 46.1 Å². The highest BCUT2D eigenvalue weighted by atomic mass is 15.1. The molecule has 95 heavy (non-hydrogen) atoms. The molecule has 0 N–H and O–H groups in total. The van der Waals surface area contributed by atoms with E-state index in [9.17, 15) is 10.5 Å². The molecule has 0 fully saturated rings. The summed E-state index contributed by atoms with van der Waals surface area (Å²) in [4.78, 5) is 29.2. The zero-order valence-corrected chi connectivity index (χ0v) is 50.9. The van der Waals surface area contributed by atoms with E-state index in [1.165, 1.54) is 38.0 Å². The van der Waals surface area contributed by atoms with E-state index in [-0.39, 0.29) is 0 Å². The lowest BCUT2D eigenvalue weighted by Crippen LogP contribution is -2.02. The van der Waals surface area contributed by atoms with Gasteiger partial charge in [-0.15, -0.1) is 0 Å². The predicted molar refractivity (Wildman–Crippen MR) is 382 cm³/mol. The van der Waals surface area contributed by atoms with Crippen molar-refractivity contribution < 1.29 is 0 Å². The topological polar surface area (TPSA) is 140 Å². The summed E-state index contributed by atoms with van der Waals surface area (Å²) < 4.78 is 6.73. The molecule has 0 aliphatic rings. The van der Waals surface area contributed by atoms with E-state index in [2.05, 4.69) is 165 Å². The van der Waals surface area contributed by atoms with E-state index in [1.54, 1.807) is 0 Å². The SMILES string of the molecule is N#Cc1cc(-c2nc(-c3ccccc3)nc(-c3ccccc3)n2)ccc1-n1c2ccccc2c2c3ccccc3ccc21.N#Cc1cc(-c2nc(-c3ccccc3)nc(-c3ccccc3)n2)ccc1-n1c2ccccc2c2cc(-n3c4ccccc4c4ccccc43)ccc21. The highest BCUT2D eigenvalue weighted by Crippen LogP contribution is 2.41. The van der Waals surface area contributed by atoms with E-state index >= 15 is 0 Å². The molecule has 0 spiro atoms. The molecule has 0 radical (unpaired) electrons. The van der Waals surface area contributed by atoms with Crippen LogP contribution in [0.3, 0.4) is 0 Å². The van der Waals surface area contributed by atoms with Gasteiger partial charge in [-0.25, -0.2) is 29.9 Å². The third kappa shape index (κ3) is 9.76. The van der Waals surface area contributed by atoms with E-state index < -0.39 is 0 Å². The van der Waals surface area contributed by atoms with Crippen LogP contribution < -0.4 is 0 Å². The second kappa shape index (κ2) is 23.4. The Bertz CT molecular complexity index is 5950. The highest BCUT2D eigenvalue weighted by molar-refractivity contribution is 6.21. The van der Waals surface area contributed by atoms with Crippen molar-refractivity contribution in [3.8, 4) is 97.5 Å². The van der Waals surface area contributed by atoms with Crippen molar-refractivity contribution in [3.63, 3.8) is 0 Å². The van der Waals surface area contributed by atoms with Crippen LogP contribution in [-0.4, -0.2) is 43.6 Å². The minimum absolute atomic E-state index is 0.508.